The highest BCUT2D eigenvalue weighted by molar-refractivity contribution is 7.80. The zero-order valence-electron chi connectivity index (χ0n) is 16.9. The second-order valence-corrected chi connectivity index (χ2v) is 7.01. The highest BCUT2D eigenvalue weighted by atomic mass is 32.1. The Morgan fingerprint density at radius 1 is 1.28 bits per heavy atom. The number of methoxy groups -OCH3 is 2. The van der Waals surface area contributed by atoms with E-state index in [1.165, 1.54) is 7.11 Å². The van der Waals surface area contributed by atoms with Gasteiger partial charge in [0.2, 0.25) is 0 Å². The second-order valence-electron chi connectivity index (χ2n) is 6.62. The summed E-state index contributed by atoms with van der Waals surface area (Å²) < 4.78 is 12.3. The monoisotopic (exact) mass is 410 g/mol. The Labute approximate surface area is 175 Å². The van der Waals surface area contributed by atoms with Crippen LogP contribution in [-0.2, 0) is 16.6 Å². The third kappa shape index (κ3) is 3.34. The molecule has 1 aromatic carbocycles. The van der Waals surface area contributed by atoms with Crippen molar-refractivity contribution in [2.45, 2.75) is 19.9 Å². The number of nitriles is 1. The Morgan fingerprint density at radius 3 is 2.55 bits per heavy atom. The van der Waals surface area contributed by atoms with Gasteiger partial charge in [0.25, 0.3) is 0 Å². The number of nitrogens with one attached hydrogen (secondary N) is 1. The molecule has 0 spiro atoms. The first-order valence-corrected chi connectivity index (χ1v) is 9.35. The number of hydrogen-bond acceptors (Lipinski definition) is 5. The van der Waals surface area contributed by atoms with Crippen LogP contribution >= 0.6 is 12.2 Å². The molecule has 2 aromatic rings. The number of hydrogen-bond donors (Lipinski definition) is 1. The van der Waals surface area contributed by atoms with Crippen molar-refractivity contribution in [3.63, 3.8) is 0 Å². The summed E-state index contributed by atoms with van der Waals surface area (Å²) in [6, 6.07) is 10.8. The number of para-hydroxylation sites is 2. The van der Waals surface area contributed by atoms with Gasteiger partial charge < -0.3 is 19.4 Å². The summed E-state index contributed by atoms with van der Waals surface area (Å²) in [7, 11) is 4.74. The van der Waals surface area contributed by atoms with E-state index in [0.29, 0.717) is 33.5 Å². The summed E-state index contributed by atoms with van der Waals surface area (Å²) in [5.41, 5.74) is 3.93. The Hall–Kier alpha value is -3.31. The van der Waals surface area contributed by atoms with Crippen LogP contribution in [0.3, 0.4) is 0 Å². The highest BCUT2D eigenvalue weighted by Gasteiger charge is 2.37. The number of rotatable bonds is 4. The quantitative estimate of drug-likeness (QED) is 0.613. The first-order valence-electron chi connectivity index (χ1n) is 8.94. The number of nitrogens with zero attached hydrogens (tertiary/aromatic N) is 3. The number of ether oxygens (including phenoxy) is 2. The van der Waals surface area contributed by atoms with Gasteiger partial charge in [-0.2, -0.15) is 5.26 Å². The number of aromatic nitrogens is 1. The van der Waals surface area contributed by atoms with Gasteiger partial charge in [0.15, 0.2) is 5.11 Å². The van der Waals surface area contributed by atoms with E-state index < -0.39 is 12.0 Å². The largest absolute Gasteiger partial charge is 0.495 e. The summed E-state index contributed by atoms with van der Waals surface area (Å²) >= 11 is 5.66. The van der Waals surface area contributed by atoms with Crippen LogP contribution in [0.5, 0.6) is 5.75 Å². The van der Waals surface area contributed by atoms with E-state index >= 15 is 0 Å². The maximum Gasteiger partial charge on any atom is 0.337 e. The molecule has 0 radical (unpaired) electrons. The number of allylic oxidation sites excluding steroid dienone is 1. The van der Waals surface area contributed by atoms with Crippen LogP contribution in [0.1, 0.15) is 29.9 Å². The number of anilines is 1. The summed E-state index contributed by atoms with van der Waals surface area (Å²) in [5.74, 6) is 0.158. The average Bonchev–Trinajstić information content (AvgIpc) is 3.01. The second kappa shape index (κ2) is 7.97. The Balaban J connectivity index is 2.22. The fourth-order valence-corrected chi connectivity index (χ4v) is 3.93. The molecular formula is C21H22N4O3S. The van der Waals surface area contributed by atoms with Gasteiger partial charge in [-0.05, 0) is 44.3 Å². The van der Waals surface area contributed by atoms with Crippen molar-refractivity contribution in [3.05, 3.63) is 58.6 Å². The molecule has 0 unspecified atom stereocenters. The lowest BCUT2D eigenvalue weighted by molar-refractivity contribution is -0.136. The molecule has 0 aliphatic carbocycles. The fraction of sp³-hybridized carbons (Fsp3) is 0.286. The first kappa shape index (κ1) is 20.4. The molecule has 29 heavy (non-hydrogen) atoms. The molecule has 0 fully saturated rings. The van der Waals surface area contributed by atoms with Gasteiger partial charge in [-0.3, -0.25) is 4.90 Å². The Bertz CT molecular complexity index is 1060. The average molecular weight is 410 g/mol. The molecular weight excluding hydrogens is 388 g/mol. The minimum absolute atomic E-state index is 0.421. The summed E-state index contributed by atoms with van der Waals surface area (Å²) in [4.78, 5) is 14.5. The third-order valence-electron chi connectivity index (χ3n) is 5.22. The van der Waals surface area contributed by atoms with E-state index in [9.17, 15) is 10.1 Å². The third-order valence-corrected chi connectivity index (χ3v) is 5.52. The van der Waals surface area contributed by atoms with Crippen molar-refractivity contribution >= 4 is 29.0 Å². The van der Waals surface area contributed by atoms with Crippen molar-refractivity contribution in [1.82, 2.24) is 9.88 Å². The number of carbonyl (C=O) groups excluding carboxylic acids is 1. The molecule has 1 aliphatic rings. The first-order chi connectivity index (χ1) is 13.8. The molecule has 7 nitrogen and oxygen atoms in total. The lowest BCUT2D eigenvalue weighted by Crippen LogP contribution is -2.48. The number of benzene rings is 1. The number of thiocarbonyl (C=S) groups is 1. The van der Waals surface area contributed by atoms with E-state index in [1.807, 2.05) is 45.2 Å². The normalized spacial score (nSPS) is 16.3. The SMILES string of the molecule is COC(=O)C1=C(C)N(c2ccccc2OC)C(=S)N[C@@H]1c1cc(C#N)n(C)c1C. The molecule has 0 saturated carbocycles. The van der Waals surface area contributed by atoms with Crippen molar-refractivity contribution in [1.29, 1.82) is 5.26 Å². The van der Waals surface area contributed by atoms with Crippen LogP contribution in [0.15, 0.2) is 41.6 Å². The van der Waals surface area contributed by atoms with Crippen LogP contribution in [-0.4, -0.2) is 29.9 Å². The molecule has 2 heterocycles. The van der Waals surface area contributed by atoms with Gasteiger partial charge in [-0.25, -0.2) is 4.79 Å². The standard InChI is InChI=1S/C21H22N4O3S/c1-12-15(10-14(11-22)24(12)3)19-18(20(26)28-5)13(2)25(21(29)23-19)16-8-6-7-9-17(16)27-4/h6-10,19H,1-5H3,(H,23,29)/t19-/m1/s1. The topological polar surface area (TPSA) is 79.5 Å². The van der Waals surface area contributed by atoms with Gasteiger partial charge in [-0.1, -0.05) is 12.1 Å². The van der Waals surface area contributed by atoms with Gasteiger partial charge in [0, 0.05) is 24.0 Å². The van der Waals surface area contributed by atoms with E-state index in [1.54, 1.807) is 22.6 Å². The molecule has 1 aliphatic heterocycles. The van der Waals surface area contributed by atoms with Crippen molar-refractivity contribution in [2.75, 3.05) is 19.1 Å². The summed E-state index contributed by atoms with van der Waals surface area (Å²) in [6.45, 7) is 3.72. The highest BCUT2D eigenvalue weighted by Crippen LogP contribution is 2.38. The zero-order chi connectivity index (χ0) is 21.3. The van der Waals surface area contributed by atoms with Gasteiger partial charge >= 0.3 is 5.97 Å². The van der Waals surface area contributed by atoms with E-state index in [2.05, 4.69) is 11.4 Å². The maximum absolute atomic E-state index is 12.8. The van der Waals surface area contributed by atoms with Crippen LogP contribution in [0.2, 0.25) is 0 Å². The van der Waals surface area contributed by atoms with E-state index in [-0.39, 0.29) is 0 Å². The van der Waals surface area contributed by atoms with Gasteiger partial charge in [0.05, 0.1) is 31.5 Å². The number of esters is 1. The molecule has 0 bridgehead atoms. The molecule has 1 aromatic heterocycles. The smallest absolute Gasteiger partial charge is 0.337 e. The van der Waals surface area contributed by atoms with Gasteiger partial charge in [-0.15, -0.1) is 0 Å². The van der Waals surface area contributed by atoms with Crippen LogP contribution in [0, 0.1) is 18.3 Å². The van der Waals surface area contributed by atoms with E-state index in [4.69, 9.17) is 21.7 Å². The Morgan fingerprint density at radius 2 is 1.97 bits per heavy atom. The minimum Gasteiger partial charge on any atom is -0.495 e. The lowest BCUT2D eigenvalue weighted by Gasteiger charge is -2.37. The van der Waals surface area contributed by atoms with Gasteiger partial charge in [0.1, 0.15) is 17.5 Å². The molecule has 3 rings (SSSR count). The van der Waals surface area contributed by atoms with Crippen LogP contribution in [0.4, 0.5) is 5.69 Å². The van der Waals surface area contributed by atoms with Crippen molar-refractivity contribution in [2.24, 2.45) is 7.05 Å². The molecule has 0 amide bonds. The maximum atomic E-state index is 12.8. The Kier molecular flexibility index (Phi) is 5.62. The van der Waals surface area contributed by atoms with Crippen molar-refractivity contribution in [3.8, 4) is 11.8 Å². The predicted octanol–water partition coefficient (Wildman–Crippen LogP) is 3.10. The van der Waals surface area contributed by atoms with Crippen LogP contribution < -0.4 is 15.0 Å². The minimum atomic E-state index is -0.533. The predicted molar refractivity (Wildman–Crippen MR) is 114 cm³/mol. The molecule has 1 atom stereocenters. The van der Waals surface area contributed by atoms with Crippen molar-refractivity contribution < 1.29 is 14.3 Å². The summed E-state index contributed by atoms with van der Waals surface area (Å²) in [5, 5.41) is 13.1. The van der Waals surface area contributed by atoms with Crippen LogP contribution in [0.25, 0.3) is 0 Å². The zero-order valence-corrected chi connectivity index (χ0v) is 17.8. The molecule has 0 saturated heterocycles. The number of carbonyl (C=O) groups is 1. The molecule has 8 heteroatoms. The molecule has 150 valence electrons. The lowest BCUT2D eigenvalue weighted by atomic mass is 9.94. The molecule has 1 N–H and O–H groups in total. The van der Waals surface area contributed by atoms with E-state index in [0.717, 1.165) is 11.3 Å². The summed E-state index contributed by atoms with van der Waals surface area (Å²) in [6.07, 6.45) is 0. The fourth-order valence-electron chi connectivity index (χ4n) is 3.58.